The van der Waals surface area contributed by atoms with Crippen LogP contribution in [0.4, 0.5) is 0 Å². The lowest BCUT2D eigenvalue weighted by Gasteiger charge is -2.66. The summed E-state index contributed by atoms with van der Waals surface area (Å²) in [6.45, 7) is 22.0. The average molecular weight is 633 g/mol. The van der Waals surface area contributed by atoms with Crippen LogP contribution in [0, 0.1) is 52.3 Å². The smallest absolute Gasteiger partial charge is 0.195 e. The van der Waals surface area contributed by atoms with E-state index in [0.717, 1.165) is 61.2 Å². The van der Waals surface area contributed by atoms with Crippen LogP contribution in [0.15, 0.2) is 11.6 Å². The van der Waals surface area contributed by atoms with E-state index in [-0.39, 0.29) is 11.5 Å². The molecule has 3 saturated carbocycles. The first-order valence-corrected chi connectivity index (χ1v) is 18.5. The molecule has 4 fully saturated rings. The molecule has 14 unspecified atom stereocenters. The van der Waals surface area contributed by atoms with Gasteiger partial charge in [0.25, 0.3) is 0 Å². The first-order valence-electron chi connectivity index (χ1n) is 18.5. The Labute approximate surface area is 274 Å². The highest BCUT2D eigenvalue weighted by atomic mass is 16.7. The molecule has 1 saturated heterocycles. The minimum atomic E-state index is -2.08. The summed E-state index contributed by atoms with van der Waals surface area (Å²) in [6, 6.07) is 0. The lowest BCUT2D eigenvalue weighted by molar-refractivity contribution is -0.458. The second-order valence-corrected chi connectivity index (χ2v) is 18.4. The summed E-state index contributed by atoms with van der Waals surface area (Å²) in [7, 11) is 0. The molecule has 0 amide bonds. The minimum Gasteiger partial charge on any atom is -0.393 e. The second kappa shape index (κ2) is 11.5. The Balaban J connectivity index is 1.33. The predicted molar refractivity (Wildman–Crippen MR) is 179 cm³/mol. The number of fused-ring (bicyclic) bond motifs is 5. The van der Waals surface area contributed by atoms with Crippen molar-refractivity contribution >= 4 is 0 Å². The Morgan fingerprint density at radius 3 is 2.13 bits per heavy atom. The highest BCUT2D eigenvalue weighted by molar-refractivity contribution is 5.27. The molecule has 4 aliphatic carbocycles. The van der Waals surface area contributed by atoms with E-state index in [2.05, 4.69) is 47.6 Å². The molecule has 0 radical (unpaired) electrons. The number of aliphatic hydroxyl groups is 4. The summed E-state index contributed by atoms with van der Waals surface area (Å²) in [5.74, 6) is 3.38. The van der Waals surface area contributed by atoms with Crippen molar-refractivity contribution in [3.05, 3.63) is 11.6 Å². The molecule has 260 valence electrons. The zero-order valence-corrected chi connectivity index (χ0v) is 30.6. The van der Waals surface area contributed by atoms with Crippen molar-refractivity contribution in [1.29, 1.82) is 0 Å². The SMILES string of the molecule is CC(C)C(C)CCC(C)C1CCC2C3CC=C4CC(OC5(C)C(C)(CO)OC(C)(O)C(C)(O)C5(C)O)CCC4(C)C3CCC12C. The summed E-state index contributed by atoms with van der Waals surface area (Å²) in [6.07, 6.45) is 14.3. The van der Waals surface area contributed by atoms with Gasteiger partial charge < -0.3 is 29.9 Å². The van der Waals surface area contributed by atoms with Crippen LogP contribution in [0.3, 0.4) is 0 Å². The molecular formula is C39H68O6. The first kappa shape index (κ1) is 35.8. The molecule has 5 rings (SSSR count). The van der Waals surface area contributed by atoms with E-state index < -0.39 is 34.8 Å². The topological polar surface area (TPSA) is 99.4 Å². The summed E-state index contributed by atoms with van der Waals surface area (Å²) in [4.78, 5) is 0. The van der Waals surface area contributed by atoms with E-state index >= 15 is 0 Å². The summed E-state index contributed by atoms with van der Waals surface area (Å²) in [5, 5.41) is 44.9. The molecule has 0 aromatic rings. The van der Waals surface area contributed by atoms with Gasteiger partial charge in [0, 0.05) is 0 Å². The van der Waals surface area contributed by atoms with Gasteiger partial charge in [-0.25, -0.2) is 0 Å². The average Bonchev–Trinajstić information content (AvgIpc) is 3.31. The van der Waals surface area contributed by atoms with Crippen molar-refractivity contribution < 1.29 is 29.9 Å². The third-order valence-corrected chi connectivity index (χ3v) is 16.0. The highest BCUT2D eigenvalue weighted by Gasteiger charge is 2.75. The molecule has 4 N–H and O–H groups in total. The molecule has 0 spiro atoms. The van der Waals surface area contributed by atoms with Gasteiger partial charge in [0.05, 0.1) is 12.7 Å². The molecule has 0 bridgehead atoms. The summed E-state index contributed by atoms with van der Waals surface area (Å²) in [5.41, 5.74) is -4.78. The van der Waals surface area contributed by atoms with Crippen molar-refractivity contribution in [2.75, 3.05) is 6.61 Å². The minimum absolute atomic E-state index is 0.155. The van der Waals surface area contributed by atoms with Crippen LogP contribution in [0.2, 0.25) is 0 Å². The van der Waals surface area contributed by atoms with Gasteiger partial charge in [0.15, 0.2) is 5.79 Å². The summed E-state index contributed by atoms with van der Waals surface area (Å²) >= 11 is 0. The van der Waals surface area contributed by atoms with Gasteiger partial charge in [0.2, 0.25) is 0 Å². The van der Waals surface area contributed by atoms with E-state index in [4.69, 9.17) is 9.47 Å². The largest absolute Gasteiger partial charge is 0.393 e. The van der Waals surface area contributed by atoms with Crippen molar-refractivity contribution in [2.24, 2.45) is 52.3 Å². The Morgan fingerprint density at radius 2 is 1.51 bits per heavy atom. The van der Waals surface area contributed by atoms with Gasteiger partial charge in [-0.05, 0) is 138 Å². The fraction of sp³-hybridized carbons (Fsp3) is 0.949. The number of aliphatic hydroxyl groups excluding tert-OH is 1. The maximum Gasteiger partial charge on any atom is 0.195 e. The lowest BCUT2D eigenvalue weighted by atomic mass is 9.47. The molecule has 6 heteroatoms. The molecule has 1 aliphatic heterocycles. The number of hydrogen-bond acceptors (Lipinski definition) is 6. The van der Waals surface area contributed by atoms with Crippen LogP contribution >= 0.6 is 0 Å². The highest BCUT2D eigenvalue weighted by Crippen LogP contribution is 2.68. The van der Waals surface area contributed by atoms with Crippen LogP contribution < -0.4 is 0 Å². The fourth-order valence-electron chi connectivity index (χ4n) is 11.6. The third kappa shape index (κ3) is 5.16. The predicted octanol–water partition coefficient (Wildman–Crippen LogP) is 7.41. The lowest BCUT2D eigenvalue weighted by Crippen LogP contribution is -2.85. The van der Waals surface area contributed by atoms with Crippen molar-refractivity contribution in [3.8, 4) is 0 Å². The first-order chi connectivity index (χ1) is 20.6. The molecular weight excluding hydrogens is 564 g/mol. The van der Waals surface area contributed by atoms with Gasteiger partial charge in [0.1, 0.15) is 22.4 Å². The number of ether oxygens (including phenoxy) is 2. The molecule has 0 aromatic carbocycles. The molecule has 6 nitrogen and oxygen atoms in total. The van der Waals surface area contributed by atoms with Gasteiger partial charge in [-0.3, -0.25) is 0 Å². The molecule has 0 aromatic heterocycles. The van der Waals surface area contributed by atoms with Crippen molar-refractivity contribution in [1.82, 2.24) is 0 Å². The quantitative estimate of drug-likeness (QED) is 0.208. The fourth-order valence-corrected chi connectivity index (χ4v) is 11.6. The normalized spacial score (nSPS) is 52.9. The Bertz CT molecular complexity index is 1130. The molecule has 1 heterocycles. The summed E-state index contributed by atoms with van der Waals surface area (Å²) < 4.78 is 12.8. The van der Waals surface area contributed by atoms with E-state index in [9.17, 15) is 20.4 Å². The number of allylic oxidation sites excluding steroid dienone is 1. The van der Waals surface area contributed by atoms with Crippen LogP contribution in [-0.4, -0.2) is 61.3 Å². The van der Waals surface area contributed by atoms with E-state index in [0.29, 0.717) is 11.3 Å². The number of hydrogen-bond donors (Lipinski definition) is 4. The third-order valence-electron chi connectivity index (χ3n) is 16.0. The van der Waals surface area contributed by atoms with Crippen LogP contribution in [0.25, 0.3) is 0 Å². The van der Waals surface area contributed by atoms with Gasteiger partial charge >= 0.3 is 0 Å². The van der Waals surface area contributed by atoms with Crippen LogP contribution in [-0.2, 0) is 9.47 Å². The van der Waals surface area contributed by atoms with E-state index in [1.54, 1.807) is 13.8 Å². The zero-order chi connectivity index (χ0) is 33.6. The van der Waals surface area contributed by atoms with Crippen molar-refractivity contribution in [2.45, 2.75) is 175 Å². The maximum absolute atomic E-state index is 11.9. The van der Waals surface area contributed by atoms with E-state index in [1.807, 2.05) is 0 Å². The van der Waals surface area contributed by atoms with Crippen molar-refractivity contribution in [3.63, 3.8) is 0 Å². The molecule has 14 atom stereocenters. The second-order valence-electron chi connectivity index (χ2n) is 18.4. The number of rotatable bonds is 8. The Morgan fingerprint density at radius 1 is 0.844 bits per heavy atom. The maximum atomic E-state index is 11.9. The standard InChI is InChI=1S/C39H68O6/c1-24(2)25(3)12-13-26(4)30-16-17-31-29-15-14-27-22-28(18-20-33(27,5)32(29)19-21-34(30,31)6)44-38(10)35(7,23-40)45-39(11,43)37(9,42)36(38,8)41/h14,24-26,28-32,40-43H,12-13,15-23H2,1-11H3. The van der Waals surface area contributed by atoms with E-state index in [1.165, 1.54) is 64.9 Å². The monoisotopic (exact) mass is 633 g/mol. The molecule has 45 heavy (non-hydrogen) atoms. The Kier molecular flexibility index (Phi) is 9.18. The van der Waals surface area contributed by atoms with Crippen LogP contribution in [0.1, 0.15) is 140 Å². The zero-order valence-electron chi connectivity index (χ0n) is 30.6. The van der Waals surface area contributed by atoms with Gasteiger partial charge in [-0.2, -0.15) is 0 Å². The van der Waals surface area contributed by atoms with Gasteiger partial charge in [-0.15, -0.1) is 0 Å². The Hall–Kier alpha value is -0.500. The molecule has 5 aliphatic rings. The van der Waals surface area contributed by atoms with Gasteiger partial charge in [-0.1, -0.05) is 66.0 Å². The van der Waals surface area contributed by atoms with Crippen LogP contribution in [0.5, 0.6) is 0 Å².